The number of ether oxygens (including phenoxy) is 1. The van der Waals surface area contributed by atoms with E-state index < -0.39 is 0 Å². The van der Waals surface area contributed by atoms with Crippen LogP contribution in [0.25, 0.3) is 0 Å². The zero-order chi connectivity index (χ0) is 13.1. The third-order valence-electron chi connectivity index (χ3n) is 2.74. The van der Waals surface area contributed by atoms with Gasteiger partial charge in [0.2, 0.25) is 0 Å². The fourth-order valence-corrected chi connectivity index (χ4v) is 2.09. The first-order valence-corrected chi connectivity index (χ1v) is 6.26. The maximum absolute atomic E-state index is 6.03. The van der Waals surface area contributed by atoms with Crippen molar-refractivity contribution >= 4 is 11.6 Å². The molecule has 0 saturated carbocycles. The molecule has 0 saturated heterocycles. The molecule has 1 rings (SSSR count). The van der Waals surface area contributed by atoms with Gasteiger partial charge in [0.05, 0.1) is 12.1 Å². The van der Waals surface area contributed by atoms with Crippen molar-refractivity contribution in [1.29, 1.82) is 0 Å². The van der Waals surface area contributed by atoms with Gasteiger partial charge in [-0.15, -0.1) is 0 Å². The van der Waals surface area contributed by atoms with Crippen LogP contribution in [0.15, 0.2) is 18.2 Å². The number of hydrogen-bond acceptors (Lipinski definition) is 2. The second-order valence-corrected chi connectivity index (χ2v) is 5.91. The van der Waals surface area contributed by atoms with E-state index in [2.05, 4.69) is 32.2 Å². The normalized spacial score (nSPS) is 13.5. The van der Waals surface area contributed by atoms with Gasteiger partial charge in [-0.3, -0.25) is 0 Å². The molecule has 0 spiro atoms. The van der Waals surface area contributed by atoms with E-state index in [1.807, 2.05) is 19.2 Å². The van der Waals surface area contributed by atoms with Crippen molar-refractivity contribution in [2.45, 2.75) is 33.2 Å². The smallest absolute Gasteiger partial charge is 0.137 e. The van der Waals surface area contributed by atoms with E-state index in [1.54, 1.807) is 7.11 Å². The average Bonchev–Trinajstić information content (AvgIpc) is 2.25. The molecule has 1 N–H and O–H groups in total. The summed E-state index contributed by atoms with van der Waals surface area (Å²) in [5.74, 6) is 0.735. The van der Waals surface area contributed by atoms with Gasteiger partial charge < -0.3 is 10.1 Å². The largest absolute Gasteiger partial charge is 0.495 e. The summed E-state index contributed by atoms with van der Waals surface area (Å²) in [6.45, 7) is 6.72. The molecule has 0 bridgehead atoms. The molecular formula is C14H22ClNO. The van der Waals surface area contributed by atoms with Crippen LogP contribution in [0.5, 0.6) is 5.75 Å². The molecule has 0 aliphatic rings. The molecule has 2 nitrogen and oxygen atoms in total. The molecule has 1 atom stereocenters. The number of nitrogens with one attached hydrogen (secondary N) is 1. The van der Waals surface area contributed by atoms with Gasteiger partial charge in [0.1, 0.15) is 5.75 Å². The summed E-state index contributed by atoms with van der Waals surface area (Å²) in [5, 5.41) is 4.00. The summed E-state index contributed by atoms with van der Waals surface area (Å²) >= 11 is 6.03. The summed E-state index contributed by atoms with van der Waals surface area (Å²) in [6.07, 6.45) is 1.06. The van der Waals surface area contributed by atoms with Crippen LogP contribution < -0.4 is 10.1 Å². The molecule has 0 aromatic heterocycles. The highest BCUT2D eigenvalue weighted by Gasteiger charge is 2.19. The first kappa shape index (κ1) is 14.3. The molecule has 0 radical (unpaired) electrons. The minimum absolute atomic E-state index is 0.278. The quantitative estimate of drug-likeness (QED) is 0.877. The Morgan fingerprint density at radius 2 is 2.00 bits per heavy atom. The van der Waals surface area contributed by atoms with Crippen LogP contribution in [0.1, 0.15) is 38.8 Å². The number of hydrogen-bond donors (Lipinski definition) is 1. The van der Waals surface area contributed by atoms with Crippen LogP contribution >= 0.6 is 11.6 Å². The van der Waals surface area contributed by atoms with Crippen molar-refractivity contribution in [3.8, 4) is 5.75 Å². The van der Waals surface area contributed by atoms with Gasteiger partial charge in [0, 0.05) is 6.04 Å². The maximum atomic E-state index is 6.03. The molecule has 0 amide bonds. The Labute approximate surface area is 109 Å². The zero-order valence-corrected chi connectivity index (χ0v) is 12.1. The van der Waals surface area contributed by atoms with Crippen molar-refractivity contribution < 1.29 is 4.74 Å². The minimum atomic E-state index is 0.278. The van der Waals surface area contributed by atoms with Gasteiger partial charge in [0.15, 0.2) is 0 Å². The van der Waals surface area contributed by atoms with Gasteiger partial charge >= 0.3 is 0 Å². The second kappa shape index (κ2) is 5.74. The highest BCUT2D eigenvalue weighted by Crippen LogP contribution is 2.33. The molecule has 96 valence electrons. The van der Waals surface area contributed by atoms with E-state index in [4.69, 9.17) is 16.3 Å². The Hall–Kier alpha value is -0.730. The van der Waals surface area contributed by atoms with Crippen LogP contribution in [0.3, 0.4) is 0 Å². The molecule has 0 aliphatic carbocycles. The lowest BCUT2D eigenvalue weighted by molar-refractivity contribution is 0.320. The van der Waals surface area contributed by atoms with Gasteiger partial charge in [-0.05, 0) is 36.6 Å². The minimum Gasteiger partial charge on any atom is -0.495 e. The second-order valence-electron chi connectivity index (χ2n) is 5.50. The van der Waals surface area contributed by atoms with E-state index in [9.17, 15) is 0 Å². The Morgan fingerprint density at radius 1 is 1.35 bits per heavy atom. The van der Waals surface area contributed by atoms with Crippen molar-refractivity contribution in [3.63, 3.8) is 0 Å². The van der Waals surface area contributed by atoms with Crippen molar-refractivity contribution in [2.24, 2.45) is 5.41 Å². The predicted molar refractivity (Wildman–Crippen MR) is 73.9 cm³/mol. The monoisotopic (exact) mass is 255 g/mol. The standard InChI is InChI=1S/C14H22ClNO/c1-14(2,3)9-12(16-4)10-6-7-11(15)13(8-10)17-5/h6-8,12,16H,9H2,1-5H3. The van der Waals surface area contributed by atoms with Gasteiger partial charge in [-0.25, -0.2) is 0 Å². The van der Waals surface area contributed by atoms with E-state index in [-0.39, 0.29) is 5.41 Å². The average molecular weight is 256 g/mol. The molecule has 1 aromatic rings. The lowest BCUT2D eigenvalue weighted by atomic mass is 9.85. The summed E-state index contributed by atoms with van der Waals surface area (Å²) in [6, 6.07) is 6.27. The third-order valence-corrected chi connectivity index (χ3v) is 3.05. The molecular weight excluding hydrogens is 234 g/mol. The summed E-state index contributed by atoms with van der Waals surface area (Å²) in [7, 11) is 3.63. The molecule has 1 unspecified atom stereocenters. The fourth-order valence-electron chi connectivity index (χ4n) is 1.89. The van der Waals surface area contributed by atoms with Crippen LogP contribution in [0, 0.1) is 5.41 Å². The Kier molecular flexibility index (Phi) is 4.84. The Balaban J connectivity index is 2.96. The highest BCUT2D eigenvalue weighted by molar-refractivity contribution is 6.32. The molecule has 0 heterocycles. The van der Waals surface area contributed by atoms with Crippen LogP contribution in [0.2, 0.25) is 5.02 Å². The molecule has 0 aliphatic heterocycles. The van der Waals surface area contributed by atoms with Crippen molar-refractivity contribution in [2.75, 3.05) is 14.2 Å². The predicted octanol–water partition coefficient (Wildman–Crippen LogP) is 4.05. The SMILES string of the molecule is CNC(CC(C)(C)C)c1ccc(Cl)c(OC)c1. The third kappa shape index (κ3) is 4.21. The fraction of sp³-hybridized carbons (Fsp3) is 0.571. The van der Waals surface area contributed by atoms with Crippen LogP contribution in [-0.2, 0) is 0 Å². The topological polar surface area (TPSA) is 21.3 Å². The maximum Gasteiger partial charge on any atom is 0.137 e. The number of methoxy groups -OCH3 is 1. The number of halogens is 1. The van der Waals surface area contributed by atoms with E-state index in [1.165, 1.54) is 5.56 Å². The van der Waals surface area contributed by atoms with Crippen LogP contribution in [0.4, 0.5) is 0 Å². The molecule has 17 heavy (non-hydrogen) atoms. The lowest BCUT2D eigenvalue weighted by Crippen LogP contribution is -2.22. The molecule has 3 heteroatoms. The van der Waals surface area contributed by atoms with Gasteiger partial charge in [0.25, 0.3) is 0 Å². The van der Waals surface area contributed by atoms with E-state index in [0.717, 1.165) is 12.2 Å². The summed E-state index contributed by atoms with van der Waals surface area (Å²) < 4.78 is 5.25. The van der Waals surface area contributed by atoms with Crippen molar-refractivity contribution in [3.05, 3.63) is 28.8 Å². The van der Waals surface area contributed by atoms with Gasteiger partial charge in [-0.1, -0.05) is 38.4 Å². The van der Waals surface area contributed by atoms with Gasteiger partial charge in [-0.2, -0.15) is 0 Å². The Bertz CT molecular complexity index is 371. The van der Waals surface area contributed by atoms with Crippen molar-refractivity contribution in [1.82, 2.24) is 5.32 Å². The van der Waals surface area contributed by atoms with Crippen LogP contribution in [-0.4, -0.2) is 14.2 Å². The van der Waals surface area contributed by atoms with E-state index >= 15 is 0 Å². The number of rotatable bonds is 4. The molecule has 1 aromatic carbocycles. The highest BCUT2D eigenvalue weighted by atomic mass is 35.5. The zero-order valence-electron chi connectivity index (χ0n) is 11.3. The number of benzene rings is 1. The Morgan fingerprint density at radius 3 is 2.47 bits per heavy atom. The molecule has 0 fully saturated rings. The lowest BCUT2D eigenvalue weighted by Gasteiger charge is -2.26. The van der Waals surface area contributed by atoms with E-state index in [0.29, 0.717) is 11.1 Å². The first-order chi connectivity index (χ1) is 7.87. The summed E-state index contributed by atoms with van der Waals surface area (Å²) in [4.78, 5) is 0. The first-order valence-electron chi connectivity index (χ1n) is 5.88. The summed E-state index contributed by atoms with van der Waals surface area (Å²) in [5.41, 5.74) is 1.49.